The van der Waals surface area contributed by atoms with E-state index >= 15 is 0 Å². The first kappa shape index (κ1) is 19.0. The van der Waals surface area contributed by atoms with Crippen molar-refractivity contribution in [3.05, 3.63) is 51.9 Å². The molecule has 0 radical (unpaired) electrons. The van der Waals surface area contributed by atoms with Gasteiger partial charge in [-0.2, -0.15) is 0 Å². The maximum Gasteiger partial charge on any atom is 0.256 e. The van der Waals surface area contributed by atoms with Crippen molar-refractivity contribution in [1.29, 1.82) is 0 Å². The molecule has 0 aliphatic rings. The van der Waals surface area contributed by atoms with Gasteiger partial charge in [-0.3, -0.25) is 14.4 Å². The van der Waals surface area contributed by atoms with E-state index in [2.05, 4.69) is 10.6 Å². The van der Waals surface area contributed by atoms with Crippen molar-refractivity contribution >= 4 is 17.5 Å². The van der Waals surface area contributed by atoms with Crippen LogP contribution in [0.15, 0.2) is 35.3 Å². The highest BCUT2D eigenvalue weighted by atomic mass is 16.5. The van der Waals surface area contributed by atoms with Crippen molar-refractivity contribution in [1.82, 2.24) is 9.88 Å². The molecule has 1 heterocycles. The Kier molecular flexibility index (Phi) is 6.00. The van der Waals surface area contributed by atoms with Gasteiger partial charge < -0.3 is 24.7 Å². The maximum absolute atomic E-state index is 12.5. The molecule has 2 rings (SSSR count). The van der Waals surface area contributed by atoms with Crippen molar-refractivity contribution in [2.45, 2.75) is 13.5 Å². The number of hydrogen-bond donors (Lipinski definition) is 2. The number of amides is 2. The second-order valence-electron chi connectivity index (χ2n) is 5.33. The van der Waals surface area contributed by atoms with Gasteiger partial charge in [-0.1, -0.05) is 0 Å². The van der Waals surface area contributed by atoms with Gasteiger partial charge >= 0.3 is 0 Å². The Morgan fingerprint density at radius 2 is 1.81 bits per heavy atom. The molecule has 1 aromatic heterocycles. The molecule has 0 unspecified atom stereocenters. The summed E-state index contributed by atoms with van der Waals surface area (Å²) in [4.78, 5) is 36.4. The monoisotopic (exact) mass is 359 g/mol. The summed E-state index contributed by atoms with van der Waals surface area (Å²) >= 11 is 0. The number of nitrogens with one attached hydrogen (secondary N) is 2. The molecule has 0 bridgehead atoms. The Labute approximate surface area is 150 Å². The Morgan fingerprint density at radius 3 is 2.35 bits per heavy atom. The lowest BCUT2D eigenvalue weighted by molar-refractivity contribution is 0.0961. The number of aryl methyl sites for hydroxylation is 1. The summed E-state index contributed by atoms with van der Waals surface area (Å²) in [5.41, 5.74) is 0.479. The summed E-state index contributed by atoms with van der Waals surface area (Å²) < 4.78 is 12.0. The number of anilines is 1. The lowest BCUT2D eigenvalue weighted by Crippen LogP contribution is -2.22. The van der Waals surface area contributed by atoms with Gasteiger partial charge in [0.15, 0.2) is 11.5 Å². The minimum atomic E-state index is -0.500. The third-order valence-electron chi connectivity index (χ3n) is 3.82. The first-order valence-electron chi connectivity index (χ1n) is 7.95. The van der Waals surface area contributed by atoms with Crippen molar-refractivity contribution in [3.8, 4) is 11.5 Å². The molecular formula is C18H21N3O5. The minimum Gasteiger partial charge on any atom is -0.493 e. The predicted octanol–water partition coefficient (Wildman–Crippen LogP) is 1.50. The molecule has 0 saturated heterocycles. The molecular weight excluding hydrogens is 338 g/mol. The van der Waals surface area contributed by atoms with E-state index in [-0.39, 0.29) is 28.5 Å². The Hall–Kier alpha value is -3.29. The number of pyridine rings is 1. The lowest BCUT2D eigenvalue weighted by Gasteiger charge is -2.15. The molecule has 8 nitrogen and oxygen atoms in total. The third-order valence-corrected chi connectivity index (χ3v) is 3.82. The van der Waals surface area contributed by atoms with Crippen molar-refractivity contribution in [2.24, 2.45) is 0 Å². The highest BCUT2D eigenvalue weighted by molar-refractivity contribution is 6.06. The minimum absolute atomic E-state index is 0.200. The van der Waals surface area contributed by atoms with Crippen molar-refractivity contribution in [2.75, 3.05) is 26.6 Å². The second-order valence-corrected chi connectivity index (χ2v) is 5.33. The van der Waals surface area contributed by atoms with Crippen LogP contribution in [0.25, 0.3) is 0 Å². The van der Waals surface area contributed by atoms with Gasteiger partial charge in [0.2, 0.25) is 0 Å². The Bertz CT molecular complexity index is 889. The van der Waals surface area contributed by atoms with Crippen LogP contribution >= 0.6 is 0 Å². The van der Waals surface area contributed by atoms with E-state index in [4.69, 9.17) is 9.47 Å². The van der Waals surface area contributed by atoms with Gasteiger partial charge in [-0.05, 0) is 25.1 Å². The number of aromatic nitrogens is 1. The molecule has 0 aliphatic carbocycles. The molecule has 2 N–H and O–H groups in total. The molecule has 26 heavy (non-hydrogen) atoms. The number of carbonyl (C=O) groups excluding carboxylic acids is 2. The summed E-state index contributed by atoms with van der Waals surface area (Å²) in [6, 6.07) is 5.79. The zero-order valence-corrected chi connectivity index (χ0v) is 15.1. The van der Waals surface area contributed by atoms with Gasteiger partial charge in [0.05, 0.1) is 19.9 Å². The van der Waals surface area contributed by atoms with Crippen molar-refractivity contribution in [3.63, 3.8) is 0 Å². The van der Waals surface area contributed by atoms with E-state index < -0.39 is 5.91 Å². The van der Waals surface area contributed by atoms with Gasteiger partial charge in [0.1, 0.15) is 0 Å². The highest BCUT2D eigenvalue weighted by Crippen LogP contribution is 2.36. The van der Waals surface area contributed by atoms with E-state index in [0.717, 1.165) is 0 Å². The SMILES string of the molecule is CCn1ccc(C(=O)Nc2cc(C(=O)NC)cc(OC)c2OC)cc1=O. The first-order valence-corrected chi connectivity index (χ1v) is 7.95. The summed E-state index contributed by atoms with van der Waals surface area (Å²) in [5, 5.41) is 5.17. The van der Waals surface area contributed by atoms with Crippen LogP contribution in [0.5, 0.6) is 11.5 Å². The molecule has 0 saturated carbocycles. The van der Waals surface area contributed by atoms with Crippen LogP contribution in [-0.4, -0.2) is 37.6 Å². The first-order chi connectivity index (χ1) is 12.4. The Morgan fingerprint density at radius 1 is 1.08 bits per heavy atom. The molecule has 0 atom stereocenters. The van der Waals surface area contributed by atoms with Crippen LogP contribution in [-0.2, 0) is 6.54 Å². The molecule has 138 valence electrons. The van der Waals surface area contributed by atoms with Crippen LogP contribution in [0.2, 0.25) is 0 Å². The van der Waals surface area contributed by atoms with E-state index in [1.54, 1.807) is 12.3 Å². The van der Waals surface area contributed by atoms with Crippen LogP contribution in [0.4, 0.5) is 5.69 Å². The fourth-order valence-electron chi connectivity index (χ4n) is 2.44. The number of nitrogens with zero attached hydrogens (tertiary/aromatic N) is 1. The molecule has 1 aromatic carbocycles. The molecule has 2 amide bonds. The maximum atomic E-state index is 12.5. The summed E-state index contributed by atoms with van der Waals surface area (Å²) in [5.74, 6) is -0.271. The predicted molar refractivity (Wildman–Crippen MR) is 97.3 cm³/mol. The van der Waals surface area contributed by atoms with E-state index in [1.807, 2.05) is 6.92 Å². The average molecular weight is 359 g/mol. The lowest BCUT2D eigenvalue weighted by atomic mass is 10.1. The van der Waals surface area contributed by atoms with Gasteiger partial charge in [0.25, 0.3) is 17.4 Å². The standard InChI is InChI=1S/C18H21N3O5/c1-5-21-7-6-11(10-15(21)22)18(24)20-13-8-12(17(23)19-2)9-14(25-3)16(13)26-4/h6-10H,5H2,1-4H3,(H,19,23)(H,20,24). The molecule has 0 spiro atoms. The molecule has 2 aromatic rings. The fraction of sp³-hybridized carbons (Fsp3) is 0.278. The Balaban J connectivity index is 2.43. The summed E-state index contributed by atoms with van der Waals surface area (Å²) in [6.45, 7) is 2.35. The second kappa shape index (κ2) is 8.19. The smallest absolute Gasteiger partial charge is 0.256 e. The fourth-order valence-corrected chi connectivity index (χ4v) is 2.44. The van der Waals surface area contributed by atoms with Gasteiger partial charge in [-0.25, -0.2) is 0 Å². The zero-order chi connectivity index (χ0) is 19.3. The molecule has 0 fully saturated rings. The van der Waals surface area contributed by atoms with E-state index in [1.165, 1.54) is 44.0 Å². The number of rotatable bonds is 6. The summed E-state index contributed by atoms with van der Waals surface area (Å²) in [6.07, 6.45) is 1.55. The average Bonchev–Trinajstić information content (AvgIpc) is 2.66. The van der Waals surface area contributed by atoms with Crippen LogP contribution in [0.1, 0.15) is 27.6 Å². The topological polar surface area (TPSA) is 98.7 Å². The number of methoxy groups -OCH3 is 2. The van der Waals surface area contributed by atoms with Gasteiger partial charge in [0, 0.05) is 37.0 Å². The van der Waals surface area contributed by atoms with Gasteiger partial charge in [-0.15, -0.1) is 0 Å². The van der Waals surface area contributed by atoms with Crippen LogP contribution < -0.4 is 25.7 Å². The zero-order valence-electron chi connectivity index (χ0n) is 15.1. The number of carbonyl (C=O) groups is 2. The van der Waals surface area contributed by atoms with E-state index in [9.17, 15) is 14.4 Å². The number of ether oxygens (including phenoxy) is 2. The summed E-state index contributed by atoms with van der Waals surface area (Å²) in [7, 11) is 4.36. The third kappa shape index (κ3) is 3.85. The number of hydrogen-bond acceptors (Lipinski definition) is 5. The molecule has 0 aliphatic heterocycles. The quantitative estimate of drug-likeness (QED) is 0.814. The normalized spacial score (nSPS) is 10.2. The molecule has 8 heteroatoms. The van der Waals surface area contributed by atoms with Crippen LogP contribution in [0.3, 0.4) is 0 Å². The largest absolute Gasteiger partial charge is 0.493 e. The highest BCUT2D eigenvalue weighted by Gasteiger charge is 2.18. The number of benzene rings is 1. The van der Waals surface area contributed by atoms with E-state index in [0.29, 0.717) is 17.9 Å². The van der Waals surface area contributed by atoms with Crippen molar-refractivity contribution < 1.29 is 19.1 Å². The van der Waals surface area contributed by atoms with Crippen LogP contribution in [0, 0.1) is 0 Å².